The van der Waals surface area contributed by atoms with Crippen LogP contribution in [0.3, 0.4) is 0 Å². The number of hydrogen-bond donors (Lipinski definition) is 0. The molecule has 2 heterocycles. The number of aryl methyl sites for hydroxylation is 1. The van der Waals surface area contributed by atoms with Crippen LogP contribution in [0.2, 0.25) is 0 Å². The predicted octanol–water partition coefficient (Wildman–Crippen LogP) is 1.86. The Bertz CT molecular complexity index is 792. The smallest absolute Gasteiger partial charge is 0.311 e. The molecule has 0 N–H and O–H groups in total. The van der Waals surface area contributed by atoms with Gasteiger partial charge in [0.1, 0.15) is 5.75 Å². The number of carbonyl (C=O) groups excluding carboxylic acids is 2. The maximum absolute atomic E-state index is 12.5. The van der Waals surface area contributed by atoms with E-state index in [-0.39, 0.29) is 30.2 Å². The number of piperazine rings is 1. The van der Waals surface area contributed by atoms with Gasteiger partial charge < -0.3 is 19.0 Å². The van der Waals surface area contributed by atoms with E-state index < -0.39 is 0 Å². The van der Waals surface area contributed by atoms with E-state index in [9.17, 15) is 9.59 Å². The minimum atomic E-state index is -0.294. The largest absolute Gasteiger partial charge is 0.484 e. The molecular weight excluding hydrogens is 348 g/mol. The van der Waals surface area contributed by atoms with Gasteiger partial charge in [-0.3, -0.25) is 9.59 Å². The highest BCUT2D eigenvalue weighted by atomic mass is 16.5. The van der Waals surface area contributed by atoms with Crippen LogP contribution in [0.4, 0.5) is 0 Å². The number of amides is 2. The summed E-state index contributed by atoms with van der Waals surface area (Å²) in [5.41, 5.74) is 1.14. The summed E-state index contributed by atoms with van der Waals surface area (Å²) in [5.74, 6) is 0.795. The summed E-state index contributed by atoms with van der Waals surface area (Å²) in [6.45, 7) is 7.57. The van der Waals surface area contributed by atoms with Crippen molar-refractivity contribution in [3.05, 3.63) is 41.6 Å². The molecular formula is C19H24N4O4. The number of rotatable bonds is 5. The molecule has 1 aromatic heterocycles. The van der Waals surface area contributed by atoms with Crippen molar-refractivity contribution in [3.63, 3.8) is 0 Å². The van der Waals surface area contributed by atoms with Crippen molar-refractivity contribution in [1.82, 2.24) is 20.0 Å². The molecule has 0 aliphatic carbocycles. The van der Waals surface area contributed by atoms with Gasteiger partial charge in [0.2, 0.25) is 5.89 Å². The van der Waals surface area contributed by atoms with Gasteiger partial charge in [0.05, 0.1) is 0 Å². The van der Waals surface area contributed by atoms with E-state index in [4.69, 9.17) is 9.15 Å². The molecule has 1 aliphatic heterocycles. The first-order valence-electron chi connectivity index (χ1n) is 9.04. The van der Waals surface area contributed by atoms with Crippen molar-refractivity contribution in [2.24, 2.45) is 0 Å². The molecule has 0 spiro atoms. The van der Waals surface area contributed by atoms with E-state index >= 15 is 0 Å². The topological polar surface area (TPSA) is 88.8 Å². The zero-order chi connectivity index (χ0) is 19.4. The highest BCUT2D eigenvalue weighted by molar-refractivity contribution is 5.89. The molecule has 0 radical (unpaired) electrons. The van der Waals surface area contributed by atoms with Crippen LogP contribution in [-0.4, -0.2) is 64.6 Å². The molecule has 27 heavy (non-hydrogen) atoms. The molecule has 8 heteroatoms. The Morgan fingerprint density at radius 1 is 1.07 bits per heavy atom. The molecule has 2 aromatic rings. The lowest BCUT2D eigenvalue weighted by Gasteiger charge is -2.33. The quantitative estimate of drug-likeness (QED) is 0.796. The third-order valence-electron chi connectivity index (χ3n) is 4.42. The first kappa shape index (κ1) is 18.9. The van der Waals surface area contributed by atoms with Crippen LogP contribution >= 0.6 is 0 Å². The van der Waals surface area contributed by atoms with Gasteiger partial charge in [0.15, 0.2) is 6.61 Å². The van der Waals surface area contributed by atoms with Gasteiger partial charge in [-0.25, -0.2) is 0 Å². The van der Waals surface area contributed by atoms with Crippen molar-refractivity contribution in [2.75, 3.05) is 32.8 Å². The predicted molar refractivity (Wildman–Crippen MR) is 97.5 cm³/mol. The Kier molecular flexibility index (Phi) is 5.73. The van der Waals surface area contributed by atoms with Gasteiger partial charge in [-0.05, 0) is 19.1 Å². The summed E-state index contributed by atoms with van der Waals surface area (Å²) in [7, 11) is 0. The third kappa shape index (κ3) is 4.64. The van der Waals surface area contributed by atoms with Crippen molar-refractivity contribution >= 4 is 11.8 Å². The average molecular weight is 372 g/mol. The summed E-state index contributed by atoms with van der Waals surface area (Å²) >= 11 is 0. The maximum atomic E-state index is 12.5. The van der Waals surface area contributed by atoms with Gasteiger partial charge in [0.25, 0.3) is 5.91 Å². The lowest BCUT2D eigenvalue weighted by Crippen LogP contribution is -2.51. The monoisotopic (exact) mass is 372 g/mol. The number of nitrogens with zero attached hydrogens (tertiary/aromatic N) is 4. The van der Waals surface area contributed by atoms with Gasteiger partial charge in [-0.15, -0.1) is 10.2 Å². The highest BCUT2D eigenvalue weighted by Gasteiger charge is 2.28. The highest BCUT2D eigenvalue weighted by Crippen LogP contribution is 2.15. The normalized spacial score (nSPS) is 14.5. The third-order valence-corrected chi connectivity index (χ3v) is 4.42. The fraction of sp³-hybridized carbons (Fsp3) is 0.474. The molecule has 3 rings (SSSR count). The van der Waals surface area contributed by atoms with E-state index in [1.807, 2.05) is 45.0 Å². The summed E-state index contributed by atoms with van der Waals surface area (Å²) in [6.07, 6.45) is 0. The number of hydrogen-bond acceptors (Lipinski definition) is 6. The van der Waals surface area contributed by atoms with Gasteiger partial charge in [-0.2, -0.15) is 0 Å². The lowest BCUT2D eigenvalue weighted by molar-refractivity contribution is -0.134. The average Bonchev–Trinajstić information content (AvgIpc) is 3.17. The molecule has 0 bridgehead atoms. The molecule has 2 amide bonds. The van der Waals surface area contributed by atoms with Crippen molar-refractivity contribution in [3.8, 4) is 5.75 Å². The van der Waals surface area contributed by atoms with Crippen LogP contribution in [-0.2, 0) is 4.79 Å². The van der Waals surface area contributed by atoms with E-state index in [0.717, 1.165) is 5.56 Å². The summed E-state index contributed by atoms with van der Waals surface area (Å²) in [4.78, 5) is 28.1. The number of carbonyl (C=O) groups is 2. The van der Waals surface area contributed by atoms with Gasteiger partial charge in [0, 0.05) is 32.1 Å². The Hall–Kier alpha value is -2.90. The maximum Gasteiger partial charge on any atom is 0.311 e. The number of benzene rings is 1. The van der Waals surface area contributed by atoms with Crippen molar-refractivity contribution < 1.29 is 18.7 Å². The fourth-order valence-electron chi connectivity index (χ4n) is 2.72. The summed E-state index contributed by atoms with van der Waals surface area (Å²) < 4.78 is 11.0. The molecule has 1 aromatic carbocycles. The minimum absolute atomic E-state index is 0.00109. The van der Waals surface area contributed by atoms with E-state index in [2.05, 4.69) is 10.2 Å². The zero-order valence-corrected chi connectivity index (χ0v) is 15.8. The van der Waals surface area contributed by atoms with Crippen LogP contribution in [0.1, 0.15) is 41.9 Å². The standard InChI is InChI=1S/C19H24N4O4/c1-13(2)17-20-21-18(27-17)19(25)23-10-8-22(9-11-23)16(24)12-26-15-6-4-14(3)5-7-15/h4-7,13H,8-12H2,1-3H3. The molecule has 0 atom stereocenters. The second-order valence-corrected chi connectivity index (χ2v) is 6.87. The molecule has 0 saturated carbocycles. The van der Waals surface area contributed by atoms with Crippen LogP contribution < -0.4 is 4.74 Å². The van der Waals surface area contributed by atoms with Crippen LogP contribution in [0, 0.1) is 6.92 Å². The summed E-state index contributed by atoms with van der Waals surface area (Å²) in [5, 5.41) is 7.72. The van der Waals surface area contributed by atoms with Crippen LogP contribution in [0.15, 0.2) is 28.7 Å². The Morgan fingerprint density at radius 2 is 1.70 bits per heavy atom. The van der Waals surface area contributed by atoms with E-state index in [0.29, 0.717) is 37.8 Å². The minimum Gasteiger partial charge on any atom is -0.484 e. The second-order valence-electron chi connectivity index (χ2n) is 6.87. The molecule has 8 nitrogen and oxygen atoms in total. The Labute approximate surface area is 158 Å². The molecule has 144 valence electrons. The number of aromatic nitrogens is 2. The van der Waals surface area contributed by atoms with Crippen LogP contribution in [0.25, 0.3) is 0 Å². The van der Waals surface area contributed by atoms with Gasteiger partial charge >= 0.3 is 11.8 Å². The Balaban J connectivity index is 1.48. The molecule has 1 fully saturated rings. The van der Waals surface area contributed by atoms with E-state index in [1.54, 1.807) is 9.80 Å². The van der Waals surface area contributed by atoms with E-state index in [1.165, 1.54) is 0 Å². The number of ether oxygens (including phenoxy) is 1. The first-order chi connectivity index (χ1) is 12.9. The van der Waals surface area contributed by atoms with Crippen molar-refractivity contribution in [1.29, 1.82) is 0 Å². The Morgan fingerprint density at radius 3 is 2.30 bits per heavy atom. The summed E-state index contributed by atoms with van der Waals surface area (Å²) in [6, 6.07) is 7.56. The van der Waals surface area contributed by atoms with Crippen molar-refractivity contribution in [2.45, 2.75) is 26.7 Å². The molecule has 1 saturated heterocycles. The van der Waals surface area contributed by atoms with Gasteiger partial charge in [-0.1, -0.05) is 31.5 Å². The SMILES string of the molecule is Cc1ccc(OCC(=O)N2CCN(C(=O)c3nnc(C(C)C)o3)CC2)cc1. The zero-order valence-electron chi connectivity index (χ0n) is 15.8. The first-order valence-corrected chi connectivity index (χ1v) is 9.04. The lowest BCUT2D eigenvalue weighted by atomic mass is 10.2. The van der Waals surface area contributed by atoms with Crippen LogP contribution in [0.5, 0.6) is 5.75 Å². The second kappa shape index (κ2) is 8.20. The molecule has 1 aliphatic rings. The fourth-order valence-corrected chi connectivity index (χ4v) is 2.72. The molecule has 0 unspecified atom stereocenters.